The van der Waals surface area contributed by atoms with Crippen LogP contribution in [0.15, 0.2) is 42.6 Å². The minimum atomic E-state index is 0.152. The fourth-order valence-corrected chi connectivity index (χ4v) is 3.72. The molecule has 1 fully saturated rings. The van der Waals surface area contributed by atoms with Crippen molar-refractivity contribution in [2.24, 2.45) is 5.73 Å². The number of anilines is 1. The van der Waals surface area contributed by atoms with E-state index in [0.717, 1.165) is 36.6 Å². The van der Waals surface area contributed by atoms with Crippen LogP contribution in [-0.4, -0.2) is 27.2 Å². The smallest absolute Gasteiger partial charge is 0.223 e. The van der Waals surface area contributed by atoms with E-state index >= 15 is 0 Å². The molecular formula is C20H21ClN4O. The molecule has 3 aromatic rings. The number of aromatic hydroxyl groups is 1. The summed E-state index contributed by atoms with van der Waals surface area (Å²) in [5.41, 5.74) is 8.12. The summed E-state index contributed by atoms with van der Waals surface area (Å²) in [5.74, 6) is 0.738. The van der Waals surface area contributed by atoms with Gasteiger partial charge in [-0.05, 0) is 37.8 Å². The maximum atomic E-state index is 10.5. The van der Waals surface area contributed by atoms with Gasteiger partial charge < -0.3 is 16.2 Å². The molecule has 5 nitrogen and oxygen atoms in total. The summed E-state index contributed by atoms with van der Waals surface area (Å²) in [6, 6.07) is 11.6. The summed E-state index contributed by atoms with van der Waals surface area (Å²) >= 11 is 6.26. The Morgan fingerprint density at radius 1 is 1.08 bits per heavy atom. The highest BCUT2D eigenvalue weighted by molar-refractivity contribution is 6.33. The Morgan fingerprint density at radius 3 is 2.62 bits per heavy atom. The predicted molar refractivity (Wildman–Crippen MR) is 106 cm³/mol. The normalized spacial score (nSPS) is 20.2. The van der Waals surface area contributed by atoms with E-state index in [0.29, 0.717) is 34.1 Å². The van der Waals surface area contributed by atoms with E-state index in [1.807, 2.05) is 24.3 Å². The highest BCUT2D eigenvalue weighted by atomic mass is 35.5. The van der Waals surface area contributed by atoms with Crippen LogP contribution in [-0.2, 0) is 0 Å². The summed E-state index contributed by atoms with van der Waals surface area (Å²) in [7, 11) is 0. The lowest BCUT2D eigenvalue weighted by molar-refractivity contribution is 0.410. The molecular weight excluding hydrogens is 348 g/mol. The molecule has 1 aliphatic carbocycles. The van der Waals surface area contributed by atoms with Gasteiger partial charge in [-0.1, -0.05) is 29.8 Å². The summed E-state index contributed by atoms with van der Waals surface area (Å²) in [6.45, 7) is 0. The second-order valence-electron chi connectivity index (χ2n) is 6.86. The van der Waals surface area contributed by atoms with Crippen LogP contribution in [0.5, 0.6) is 5.75 Å². The van der Waals surface area contributed by atoms with E-state index < -0.39 is 0 Å². The van der Waals surface area contributed by atoms with Gasteiger partial charge in [0.25, 0.3) is 0 Å². The maximum Gasteiger partial charge on any atom is 0.223 e. The molecule has 0 saturated heterocycles. The molecule has 0 aliphatic heterocycles. The summed E-state index contributed by atoms with van der Waals surface area (Å²) < 4.78 is 0. The van der Waals surface area contributed by atoms with Gasteiger partial charge in [0, 0.05) is 45.9 Å². The van der Waals surface area contributed by atoms with Crippen molar-refractivity contribution >= 4 is 28.5 Å². The zero-order valence-corrected chi connectivity index (χ0v) is 15.1. The number of nitrogens with two attached hydrogens (primary N) is 1. The van der Waals surface area contributed by atoms with Gasteiger partial charge in [-0.2, -0.15) is 0 Å². The molecule has 6 heteroatoms. The predicted octanol–water partition coefficient (Wildman–Crippen LogP) is 4.34. The van der Waals surface area contributed by atoms with E-state index in [2.05, 4.69) is 15.3 Å². The highest BCUT2D eigenvalue weighted by Gasteiger charge is 2.19. The first-order valence-electron chi connectivity index (χ1n) is 8.87. The number of hydrogen-bond acceptors (Lipinski definition) is 5. The number of phenols is 1. The van der Waals surface area contributed by atoms with Crippen LogP contribution in [0, 0.1) is 0 Å². The Bertz CT molecular complexity index is 938. The summed E-state index contributed by atoms with van der Waals surface area (Å²) in [4.78, 5) is 9.00. The van der Waals surface area contributed by atoms with Gasteiger partial charge in [-0.3, -0.25) is 0 Å². The third kappa shape index (κ3) is 3.45. The van der Waals surface area contributed by atoms with Crippen LogP contribution < -0.4 is 11.1 Å². The third-order valence-corrected chi connectivity index (χ3v) is 5.30. The average Bonchev–Trinajstić information content (AvgIpc) is 2.64. The Balaban J connectivity index is 1.63. The SMILES string of the molecule is NC1CCC(Nc2ncc3cc(-c4ccccc4Cl)c(O)cc3n2)CC1. The number of nitrogens with zero attached hydrogens (tertiary/aromatic N) is 2. The first kappa shape index (κ1) is 17.1. The molecule has 0 amide bonds. The first-order valence-corrected chi connectivity index (χ1v) is 9.25. The van der Waals surface area contributed by atoms with E-state index in [-0.39, 0.29) is 5.75 Å². The molecule has 26 heavy (non-hydrogen) atoms. The fourth-order valence-electron chi connectivity index (χ4n) is 3.48. The molecule has 1 heterocycles. The van der Waals surface area contributed by atoms with Crippen LogP contribution in [0.3, 0.4) is 0 Å². The number of hydrogen-bond donors (Lipinski definition) is 3. The van der Waals surface area contributed by atoms with Crippen molar-refractivity contribution in [1.82, 2.24) is 9.97 Å². The van der Waals surface area contributed by atoms with Gasteiger partial charge in [0.2, 0.25) is 5.95 Å². The zero-order chi connectivity index (χ0) is 18.1. The third-order valence-electron chi connectivity index (χ3n) is 4.97. The number of benzene rings is 2. The molecule has 0 spiro atoms. The van der Waals surface area contributed by atoms with Gasteiger partial charge in [0.05, 0.1) is 5.52 Å². The number of fused-ring (bicyclic) bond motifs is 1. The number of rotatable bonds is 3. The summed E-state index contributed by atoms with van der Waals surface area (Å²) in [6.07, 6.45) is 5.87. The van der Waals surface area contributed by atoms with Crippen molar-refractivity contribution in [3.63, 3.8) is 0 Å². The van der Waals surface area contributed by atoms with Gasteiger partial charge in [-0.15, -0.1) is 0 Å². The topological polar surface area (TPSA) is 84.1 Å². The van der Waals surface area contributed by atoms with Gasteiger partial charge in [0.1, 0.15) is 5.75 Å². The van der Waals surface area contributed by atoms with E-state index in [1.54, 1.807) is 18.3 Å². The van der Waals surface area contributed by atoms with Crippen LogP contribution in [0.2, 0.25) is 5.02 Å². The molecule has 1 aliphatic rings. The molecule has 0 atom stereocenters. The fraction of sp³-hybridized carbons (Fsp3) is 0.300. The quantitative estimate of drug-likeness (QED) is 0.640. The van der Waals surface area contributed by atoms with Gasteiger partial charge >= 0.3 is 0 Å². The van der Waals surface area contributed by atoms with E-state index in [9.17, 15) is 5.11 Å². The molecule has 1 saturated carbocycles. The molecule has 0 unspecified atom stereocenters. The second kappa shape index (κ2) is 7.09. The van der Waals surface area contributed by atoms with Crippen LogP contribution in [0.25, 0.3) is 22.0 Å². The Labute approximate surface area is 157 Å². The van der Waals surface area contributed by atoms with Crippen molar-refractivity contribution < 1.29 is 5.11 Å². The number of aromatic nitrogens is 2. The molecule has 134 valence electrons. The minimum absolute atomic E-state index is 0.152. The molecule has 2 aromatic carbocycles. The molecule has 0 radical (unpaired) electrons. The lowest BCUT2D eigenvalue weighted by atomic mass is 9.92. The van der Waals surface area contributed by atoms with Crippen LogP contribution in [0.4, 0.5) is 5.95 Å². The lowest BCUT2D eigenvalue weighted by Crippen LogP contribution is -2.33. The largest absolute Gasteiger partial charge is 0.507 e. The van der Waals surface area contributed by atoms with Crippen molar-refractivity contribution in [3.8, 4) is 16.9 Å². The number of phenolic OH excluding ortho intramolecular Hbond substituents is 1. The summed E-state index contributed by atoms with van der Waals surface area (Å²) in [5, 5.41) is 15.3. The monoisotopic (exact) mass is 368 g/mol. The molecule has 4 rings (SSSR count). The van der Waals surface area contributed by atoms with Crippen LogP contribution >= 0.6 is 11.6 Å². The minimum Gasteiger partial charge on any atom is -0.507 e. The molecule has 4 N–H and O–H groups in total. The van der Waals surface area contributed by atoms with Crippen molar-refractivity contribution in [2.45, 2.75) is 37.8 Å². The highest BCUT2D eigenvalue weighted by Crippen LogP contribution is 2.36. The molecule has 1 aromatic heterocycles. The Kier molecular flexibility index (Phi) is 4.66. The van der Waals surface area contributed by atoms with Crippen LogP contribution in [0.1, 0.15) is 25.7 Å². The van der Waals surface area contributed by atoms with Crippen molar-refractivity contribution in [3.05, 3.63) is 47.6 Å². The first-order chi connectivity index (χ1) is 12.6. The average molecular weight is 369 g/mol. The second-order valence-corrected chi connectivity index (χ2v) is 7.26. The van der Waals surface area contributed by atoms with Crippen molar-refractivity contribution in [1.29, 1.82) is 0 Å². The maximum absolute atomic E-state index is 10.5. The van der Waals surface area contributed by atoms with Crippen molar-refractivity contribution in [2.75, 3.05) is 5.32 Å². The Hall–Kier alpha value is -2.37. The molecule has 0 bridgehead atoms. The zero-order valence-electron chi connectivity index (χ0n) is 14.3. The number of nitrogens with one attached hydrogen (secondary N) is 1. The van der Waals surface area contributed by atoms with Gasteiger partial charge in [0.15, 0.2) is 0 Å². The van der Waals surface area contributed by atoms with E-state index in [4.69, 9.17) is 17.3 Å². The standard InChI is InChI=1S/C20H21ClN4O/c21-17-4-2-1-3-15(17)16-9-12-11-23-20(25-18(12)10-19(16)26)24-14-7-5-13(22)6-8-14/h1-4,9-11,13-14,26H,5-8,22H2,(H,23,24,25). The number of halogens is 1. The van der Waals surface area contributed by atoms with E-state index in [1.165, 1.54) is 0 Å². The van der Waals surface area contributed by atoms with Gasteiger partial charge in [-0.25, -0.2) is 9.97 Å². The lowest BCUT2D eigenvalue weighted by Gasteiger charge is -2.26. The Morgan fingerprint density at radius 2 is 1.85 bits per heavy atom.